The Morgan fingerprint density at radius 2 is 2.09 bits per heavy atom. The summed E-state index contributed by atoms with van der Waals surface area (Å²) in [7, 11) is 0. The third-order valence-electron chi connectivity index (χ3n) is 3.20. The third-order valence-corrected chi connectivity index (χ3v) is 4.13. The summed E-state index contributed by atoms with van der Waals surface area (Å²) >= 11 is 1.63. The van der Waals surface area contributed by atoms with Gasteiger partial charge in [0.05, 0.1) is 12.2 Å². The first kappa shape index (κ1) is 16.5. The van der Waals surface area contributed by atoms with Crippen molar-refractivity contribution in [1.29, 1.82) is 0 Å². The Bertz CT molecular complexity index is 613. The Kier molecular flexibility index (Phi) is 6.45. The number of aryl methyl sites for hydroxylation is 1. The number of para-hydroxylation sites is 1. The van der Waals surface area contributed by atoms with Crippen molar-refractivity contribution in [2.75, 3.05) is 12.4 Å². The smallest absolute Gasteiger partial charge is 0.191 e. The molecule has 0 saturated heterocycles. The maximum atomic E-state index is 10.9. The van der Waals surface area contributed by atoms with Gasteiger partial charge < -0.3 is 9.30 Å². The molecule has 0 atom stereocenters. The summed E-state index contributed by atoms with van der Waals surface area (Å²) in [6, 6.07) is 7.24. The second kappa shape index (κ2) is 8.58. The Morgan fingerprint density at radius 3 is 2.82 bits per heavy atom. The number of benzene rings is 1. The van der Waals surface area contributed by atoms with Crippen LogP contribution in [0.4, 0.5) is 0 Å². The molecule has 5 nitrogen and oxygen atoms in total. The van der Waals surface area contributed by atoms with Crippen molar-refractivity contribution in [3.8, 4) is 5.75 Å². The number of aldehydes is 1. The first-order chi connectivity index (χ1) is 10.8. The second-order valence-corrected chi connectivity index (χ2v) is 5.81. The lowest BCUT2D eigenvalue weighted by Gasteiger charge is -2.09. The van der Waals surface area contributed by atoms with Crippen LogP contribution in [0.2, 0.25) is 0 Å². The molecule has 0 bridgehead atoms. The quantitative estimate of drug-likeness (QED) is 0.403. The zero-order valence-electron chi connectivity index (χ0n) is 13.0. The number of rotatable bonds is 9. The number of thioether (sulfide) groups is 1. The van der Waals surface area contributed by atoms with Crippen LogP contribution in [0.25, 0.3) is 0 Å². The van der Waals surface area contributed by atoms with E-state index in [4.69, 9.17) is 4.74 Å². The van der Waals surface area contributed by atoms with Gasteiger partial charge in [-0.05, 0) is 25.5 Å². The van der Waals surface area contributed by atoms with Crippen LogP contribution in [0, 0.1) is 0 Å². The van der Waals surface area contributed by atoms with Crippen molar-refractivity contribution in [2.24, 2.45) is 0 Å². The molecule has 0 aliphatic carbocycles. The fourth-order valence-corrected chi connectivity index (χ4v) is 2.98. The topological polar surface area (TPSA) is 57.0 Å². The minimum atomic E-state index is 0.523. The number of nitrogens with zero attached hydrogens (tertiary/aromatic N) is 3. The van der Waals surface area contributed by atoms with Gasteiger partial charge in [-0.25, -0.2) is 0 Å². The molecule has 118 valence electrons. The number of carbonyl (C=O) groups excluding carboxylic acids is 1. The largest absolute Gasteiger partial charge is 0.492 e. The van der Waals surface area contributed by atoms with E-state index in [1.54, 1.807) is 17.8 Å². The maximum Gasteiger partial charge on any atom is 0.191 e. The molecular weight excluding hydrogens is 298 g/mol. The average Bonchev–Trinajstić information content (AvgIpc) is 2.94. The number of hydrogen-bond acceptors (Lipinski definition) is 5. The van der Waals surface area contributed by atoms with Crippen molar-refractivity contribution in [3.63, 3.8) is 0 Å². The van der Waals surface area contributed by atoms with E-state index in [0.29, 0.717) is 17.9 Å². The van der Waals surface area contributed by atoms with Crippen molar-refractivity contribution in [2.45, 2.75) is 38.4 Å². The summed E-state index contributed by atoms with van der Waals surface area (Å²) < 4.78 is 7.81. The summed E-state index contributed by atoms with van der Waals surface area (Å²) in [5.74, 6) is 2.43. The predicted molar refractivity (Wildman–Crippen MR) is 87.7 cm³/mol. The molecule has 1 heterocycles. The van der Waals surface area contributed by atoms with Gasteiger partial charge in [0.2, 0.25) is 0 Å². The lowest BCUT2D eigenvalue weighted by atomic mass is 10.2. The molecule has 0 aliphatic rings. The van der Waals surface area contributed by atoms with E-state index in [-0.39, 0.29) is 0 Å². The van der Waals surface area contributed by atoms with Crippen LogP contribution in [-0.4, -0.2) is 33.4 Å². The minimum absolute atomic E-state index is 0.523. The molecule has 0 N–H and O–H groups in total. The molecule has 1 aromatic carbocycles. The molecule has 0 spiro atoms. The molecule has 0 saturated carbocycles. The van der Waals surface area contributed by atoms with E-state index < -0.39 is 0 Å². The Hall–Kier alpha value is -1.82. The van der Waals surface area contributed by atoms with Gasteiger partial charge in [-0.15, -0.1) is 10.2 Å². The number of aromatic nitrogens is 3. The van der Waals surface area contributed by atoms with Crippen LogP contribution in [0.15, 0.2) is 29.4 Å². The highest BCUT2D eigenvalue weighted by Crippen LogP contribution is 2.19. The lowest BCUT2D eigenvalue weighted by Crippen LogP contribution is -2.06. The van der Waals surface area contributed by atoms with Crippen LogP contribution >= 0.6 is 11.8 Å². The van der Waals surface area contributed by atoms with Crippen molar-refractivity contribution >= 4 is 18.0 Å². The normalized spacial score (nSPS) is 10.6. The molecular formula is C16H21N3O2S. The monoisotopic (exact) mass is 319 g/mol. The highest BCUT2D eigenvalue weighted by atomic mass is 32.2. The second-order valence-electron chi connectivity index (χ2n) is 4.75. The highest BCUT2D eigenvalue weighted by molar-refractivity contribution is 7.99. The molecule has 0 aliphatic heterocycles. The first-order valence-corrected chi connectivity index (χ1v) is 8.50. The Morgan fingerprint density at radius 1 is 1.27 bits per heavy atom. The fraction of sp³-hybridized carbons (Fsp3) is 0.438. The zero-order valence-corrected chi connectivity index (χ0v) is 13.8. The Labute approximate surface area is 135 Å². The predicted octanol–water partition coefficient (Wildman–Crippen LogP) is 3.23. The van der Waals surface area contributed by atoms with Crippen LogP contribution in [0.3, 0.4) is 0 Å². The molecule has 22 heavy (non-hydrogen) atoms. The van der Waals surface area contributed by atoms with Crippen LogP contribution < -0.4 is 4.74 Å². The van der Waals surface area contributed by atoms with E-state index in [0.717, 1.165) is 42.4 Å². The highest BCUT2D eigenvalue weighted by Gasteiger charge is 2.10. The van der Waals surface area contributed by atoms with Gasteiger partial charge in [-0.2, -0.15) is 0 Å². The molecule has 0 unspecified atom stereocenters. The minimum Gasteiger partial charge on any atom is -0.492 e. The summed E-state index contributed by atoms with van der Waals surface area (Å²) in [5, 5.41) is 9.42. The van der Waals surface area contributed by atoms with Crippen molar-refractivity contribution in [1.82, 2.24) is 14.8 Å². The van der Waals surface area contributed by atoms with Gasteiger partial charge in [0.1, 0.15) is 11.6 Å². The Balaban J connectivity index is 1.87. The molecule has 0 amide bonds. The van der Waals surface area contributed by atoms with E-state index >= 15 is 0 Å². The molecule has 0 fully saturated rings. The van der Waals surface area contributed by atoms with Gasteiger partial charge >= 0.3 is 0 Å². The summed E-state index contributed by atoms with van der Waals surface area (Å²) in [5.41, 5.74) is 0.578. The first-order valence-electron chi connectivity index (χ1n) is 7.52. The van der Waals surface area contributed by atoms with Gasteiger partial charge in [0.15, 0.2) is 11.4 Å². The van der Waals surface area contributed by atoms with Gasteiger partial charge in [0.25, 0.3) is 0 Å². The lowest BCUT2D eigenvalue weighted by molar-refractivity contribution is 0.112. The van der Waals surface area contributed by atoms with E-state index in [1.807, 2.05) is 18.2 Å². The van der Waals surface area contributed by atoms with E-state index in [1.165, 1.54) is 0 Å². The SMILES string of the molecule is CCCc1nnc(SCCOc2ccccc2C=O)n1CC. The van der Waals surface area contributed by atoms with Gasteiger partial charge in [0, 0.05) is 18.7 Å². The molecule has 2 aromatic rings. The van der Waals surface area contributed by atoms with E-state index in [9.17, 15) is 4.79 Å². The number of ether oxygens (including phenoxy) is 1. The maximum absolute atomic E-state index is 10.9. The van der Waals surface area contributed by atoms with E-state index in [2.05, 4.69) is 28.6 Å². The van der Waals surface area contributed by atoms with Crippen LogP contribution in [-0.2, 0) is 13.0 Å². The number of carbonyl (C=O) groups is 1. The zero-order chi connectivity index (χ0) is 15.8. The molecule has 6 heteroatoms. The average molecular weight is 319 g/mol. The molecule has 2 rings (SSSR count). The third kappa shape index (κ3) is 4.10. The summed E-state index contributed by atoms with van der Waals surface area (Å²) in [6.07, 6.45) is 2.83. The van der Waals surface area contributed by atoms with Crippen LogP contribution in [0.1, 0.15) is 36.5 Å². The fourth-order valence-electron chi connectivity index (χ4n) is 2.15. The van der Waals surface area contributed by atoms with Crippen molar-refractivity contribution in [3.05, 3.63) is 35.7 Å². The summed E-state index contributed by atoms with van der Waals surface area (Å²) in [4.78, 5) is 10.9. The summed E-state index contributed by atoms with van der Waals surface area (Å²) in [6.45, 7) is 5.64. The molecule has 1 aromatic heterocycles. The molecule has 0 radical (unpaired) electrons. The van der Waals surface area contributed by atoms with Crippen molar-refractivity contribution < 1.29 is 9.53 Å². The van der Waals surface area contributed by atoms with Crippen LogP contribution in [0.5, 0.6) is 5.75 Å². The number of hydrogen-bond donors (Lipinski definition) is 0. The van der Waals surface area contributed by atoms with Gasteiger partial charge in [-0.1, -0.05) is 30.8 Å². The standard InChI is InChI=1S/C16H21N3O2S/c1-3-7-15-17-18-16(19(15)4-2)22-11-10-21-14-9-6-5-8-13(14)12-20/h5-6,8-9,12H,3-4,7,10-11H2,1-2H3. The van der Waals surface area contributed by atoms with Gasteiger partial charge in [-0.3, -0.25) is 4.79 Å².